The standard InChI is InChI=1S/C18H18FN3O3.C2H2O4/c19-16-7-3-2-6-15(16)18(23)21-11-9-20(10-12-21)13-14-5-1-4-8-17(14)22(24)25;3-1(4)2(5)6/h1-8H,9-13H2;(H,3,4)(H,5,6). The highest BCUT2D eigenvalue weighted by Crippen LogP contribution is 2.20. The predicted octanol–water partition coefficient (Wildman–Crippen LogP) is 1.85. The number of nitro benzene ring substituents is 1. The Morgan fingerprint density at radius 1 is 0.935 bits per heavy atom. The van der Waals surface area contributed by atoms with Crippen molar-refractivity contribution in [2.24, 2.45) is 0 Å². The van der Waals surface area contributed by atoms with Crippen molar-refractivity contribution in [1.82, 2.24) is 9.80 Å². The summed E-state index contributed by atoms with van der Waals surface area (Å²) < 4.78 is 13.8. The Balaban J connectivity index is 0.000000501. The van der Waals surface area contributed by atoms with Crippen LogP contribution in [0.2, 0.25) is 0 Å². The highest BCUT2D eigenvalue weighted by Gasteiger charge is 2.25. The van der Waals surface area contributed by atoms with E-state index in [1.165, 1.54) is 18.2 Å². The average Bonchev–Trinajstić information content (AvgIpc) is 2.75. The van der Waals surface area contributed by atoms with E-state index in [0.29, 0.717) is 38.3 Å². The molecular weight excluding hydrogens is 413 g/mol. The topological polar surface area (TPSA) is 141 Å². The SMILES string of the molecule is O=C(O)C(=O)O.O=C(c1ccccc1F)N1CCN(Cc2ccccc2[N+](=O)[O-])CC1. The zero-order valence-electron chi connectivity index (χ0n) is 16.3. The number of amides is 1. The number of aliphatic carboxylic acids is 2. The van der Waals surface area contributed by atoms with Crippen molar-refractivity contribution < 1.29 is 33.9 Å². The monoisotopic (exact) mass is 433 g/mol. The van der Waals surface area contributed by atoms with E-state index < -0.39 is 17.8 Å². The van der Waals surface area contributed by atoms with Gasteiger partial charge in [0.15, 0.2) is 0 Å². The average molecular weight is 433 g/mol. The van der Waals surface area contributed by atoms with Crippen molar-refractivity contribution in [2.75, 3.05) is 26.2 Å². The van der Waals surface area contributed by atoms with Crippen LogP contribution in [-0.4, -0.2) is 69.0 Å². The summed E-state index contributed by atoms with van der Waals surface area (Å²) in [5, 5.41) is 25.9. The molecule has 0 unspecified atom stereocenters. The van der Waals surface area contributed by atoms with Crippen LogP contribution in [0.1, 0.15) is 15.9 Å². The molecule has 10 nitrogen and oxygen atoms in total. The van der Waals surface area contributed by atoms with Crippen molar-refractivity contribution in [3.63, 3.8) is 0 Å². The summed E-state index contributed by atoms with van der Waals surface area (Å²) in [6.45, 7) is 2.57. The summed E-state index contributed by atoms with van der Waals surface area (Å²) in [4.78, 5) is 45.0. The lowest BCUT2D eigenvalue weighted by molar-refractivity contribution is -0.385. The lowest BCUT2D eigenvalue weighted by Gasteiger charge is -2.34. The first-order valence-electron chi connectivity index (χ1n) is 9.15. The molecule has 2 aromatic rings. The number of halogens is 1. The fourth-order valence-electron chi connectivity index (χ4n) is 2.98. The van der Waals surface area contributed by atoms with Gasteiger partial charge in [-0.3, -0.25) is 19.8 Å². The lowest BCUT2D eigenvalue weighted by Crippen LogP contribution is -2.48. The van der Waals surface area contributed by atoms with E-state index in [0.717, 1.165) is 0 Å². The molecular formula is C20H20FN3O7. The zero-order valence-corrected chi connectivity index (χ0v) is 16.3. The number of para-hydroxylation sites is 1. The molecule has 164 valence electrons. The minimum absolute atomic E-state index is 0.0784. The second-order valence-electron chi connectivity index (χ2n) is 6.54. The van der Waals surface area contributed by atoms with Gasteiger partial charge in [-0.15, -0.1) is 0 Å². The van der Waals surface area contributed by atoms with Crippen LogP contribution >= 0.6 is 0 Å². The summed E-state index contributed by atoms with van der Waals surface area (Å²) in [6, 6.07) is 12.6. The van der Waals surface area contributed by atoms with Crippen LogP contribution in [0.3, 0.4) is 0 Å². The van der Waals surface area contributed by atoms with Gasteiger partial charge < -0.3 is 15.1 Å². The Bertz CT molecular complexity index is 963. The molecule has 1 saturated heterocycles. The van der Waals surface area contributed by atoms with Crippen LogP contribution in [0, 0.1) is 15.9 Å². The van der Waals surface area contributed by atoms with Crippen LogP contribution in [0.25, 0.3) is 0 Å². The number of nitro groups is 1. The molecule has 1 amide bonds. The van der Waals surface area contributed by atoms with Crippen molar-refractivity contribution in [2.45, 2.75) is 6.54 Å². The van der Waals surface area contributed by atoms with Gasteiger partial charge in [-0.05, 0) is 12.1 Å². The fourth-order valence-corrected chi connectivity index (χ4v) is 2.98. The summed E-state index contributed by atoms with van der Waals surface area (Å²) in [5.41, 5.74) is 0.836. The molecule has 2 aromatic carbocycles. The predicted molar refractivity (Wildman–Crippen MR) is 106 cm³/mol. The first-order chi connectivity index (χ1) is 14.7. The number of hydrogen-bond acceptors (Lipinski definition) is 6. The van der Waals surface area contributed by atoms with Gasteiger partial charge in [-0.1, -0.05) is 30.3 Å². The van der Waals surface area contributed by atoms with Gasteiger partial charge in [-0.2, -0.15) is 0 Å². The smallest absolute Gasteiger partial charge is 0.414 e. The summed E-state index contributed by atoms with van der Waals surface area (Å²) in [5.74, 6) is -4.48. The third kappa shape index (κ3) is 6.57. The maximum atomic E-state index is 13.8. The summed E-state index contributed by atoms with van der Waals surface area (Å²) in [6.07, 6.45) is 0. The molecule has 0 saturated carbocycles. The highest BCUT2D eigenvalue weighted by molar-refractivity contribution is 6.27. The van der Waals surface area contributed by atoms with E-state index in [1.807, 2.05) is 0 Å². The zero-order chi connectivity index (χ0) is 23.0. The number of carboxylic acid groups (broad SMARTS) is 2. The van der Waals surface area contributed by atoms with Gasteiger partial charge >= 0.3 is 11.9 Å². The van der Waals surface area contributed by atoms with E-state index in [9.17, 15) is 19.3 Å². The Kier molecular flexibility index (Phi) is 8.15. The van der Waals surface area contributed by atoms with Crippen LogP contribution in [-0.2, 0) is 16.1 Å². The number of rotatable bonds is 4. The number of benzene rings is 2. The minimum atomic E-state index is -1.82. The van der Waals surface area contributed by atoms with Crippen molar-refractivity contribution in [3.05, 3.63) is 75.6 Å². The van der Waals surface area contributed by atoms with Crippen LogP contribution < -0.4 is 0 Å². The fraction of sp³-hybridized carbons (Fsp3) is 0.250. The van der Waals surface area contributed by atoms with Crippen LogP contribution in [0.5, 0.6) is 0 Å². The molecule has 31 heavy (non-hydrogen) atoms. The molecule has 0 spiro atoms. The Labute approximate surface area is 176 Å². The van der Waals surface area contributed by atoms with E-state index in [-0.39, 0.29) is 22.1 Å². The first-order valence-corrected chi connectivity index (χ1v) is 9.15. The van der Waals surface area contributed by atoms with Gasteiger partial charge in [-0.25, -0.2) is 14.0 Å². The molecule has 0 bridgehead atoms. The van der Waals surface area contributed by atoms with Gasteiger partial charge in [0.05, 0.1) is 10.5 Å². The van der Waals surface area contributed by atoms with Gasteiger partial charge in [0.25, 0.3) is 11.6 Å². The van der Waals surface area contributed by atoms with Gasteiger partial charge in [0.1, 0.15) is 5.82 Å². The molecule has 1 aliphatic heterocycles. The molecule has 2 N–H and O–H groups in total. The number of nitrogens with zero attached hydrogens (tertiary/aromatic N) is 3. The Morgan fingerprint density at radius 2 is 1.48 bits per heavy atom. The molecule has 1 aliphatic rings. The van der Waals surface area contributed by atoms with Crippen LogP contribution in [0.4, 0.5) is 10.1 Å². The van der Waals surface area contributed by atoms with Crippen LogP contribution in [0.15, 0.2) is 48.5 Å². The molecule has 0 atom stereocenters. The molecule has 1 heterocycles. The second kappa shape index (κ2) is 10.8. The van der Waals surface area contributed by atoms with Gasteiger partial charge in [0, 0.05) is 44.4 Å². The second-order valence-corrected chi connectivity index (χ2v) is 6.54. The first kappa shape index (κ1) is 23.4. The maximum Gasteiger partial charge on any atom is 0.414 e. The third-order valence-corrected chi connectivity index (χ3v) is 4.53. The third-order valence-electron chi connectivity index (χ3n) is 4.53. The van der Waals surface area contributed by atoms with Gasteiger partial charge in [0.2, 0.25) is 0 Å². The van der Waals surface area contributed by atoms with E-state index in [1.54, 1.807) is 35.2 Å². The van der Waals surface area contributed by atoms with E-state index in [2.05, 4.69) is 4.90 Å². The summed E-state index contributed by atoms with van der Waals surface area (Å²) >= 11 is 0. The highest BCUT2D eigenvalue weighted by atomic mass is 19.1. The summed E-state index contributed by atoms with van der Waals surface area (Å²) in [7, 11) is 0. The normalized spacial score (nSPS) is 13.6. The molecule has 0 aromatic heterocycles. The lowest BCUT2D eigenvalue weighted by atomic mass is 10.1. The number of carbonyl (C=O) groups excluding carboxylic acids is 1. The quantitative estimate of drug-likeness (QED) is 0.423. The number of hydrogen-bond donors (Lipinski definition) is 2. The largest absolute Gasteiger partial charge is 0.473 e. The molecule has 11 heteroatoms. The Morgan fingerprint density at radius 3 is 2.03 bits per heavy atom. The van der Waals surface area contributed by atoms with E-state index >= 15 is 0 Å². The van der Waals surface area contributed by atoms with Crippen molar-refractivity contribution >= 4 is 23.5 Å². The molecule has 3 rings (SSSR count). The number of carboxylic acids is 2. The minimum Gasteiger partial charge on any atom is -0.473 e. The van der Waals surface area contributed by atoms with E-state index in [4.69, 9.17) is 19.8 Å². The molecule has 0 radical (unpaired) electrons. The maximum absolute atomic E-state index is 13.8. The molecule has 1 fully saturated rings. The van der Waals surface area contributed by atoms with Crippen molar-refractivity contribution in [1.29, 1.82) is 0 Å². The number of piperazine rings is 1. The molecule has 0 aliphatic carbocycles. The Hall–Kier alpha value is -3.86. The number of carbonyl (C=O) groups is 3. The van der Waals surface area contributed by atoms with Crippen molar-refractivity contribution in [3.8, 4) is 0 Å².